The maximum absolute atomic E-state index is 13.9. The summed E-state index contributed by atoms with van der Waals surface area (Å²) in [7, 11) is 1.97. The van der Waals surface area contributed by atoms with Gasteiger partial charge in [0.25, 0.3) is 5.91 Å². The molecule has 0 radical (unpaired) electrons. The van der Waals surface area contributed by atoms with Crippen LogP contribution < -0.4 is 9.64 Å². The molecule has 8 rings (SSSR count). The molecule has 0 spiro atoms. The van der Waals surface area contributed by atoms with Crippen molar-refractivity contribution in [3.63, 3.8) is 0 Å². The van der Waals surface area contributed by atoms with Gasteiger partial charge in [-0.2, -0.15) is 13.2 Å². The molecule has 4 saturated carbocycles. The molecule has 250 valence electrons. The summed E-state index contributed by atoms with van der Waals surface area (Å²) in [5.41, 5.74) is 3.12. The molecule has 1 saturated heterocycles. The number of hydrogen-bond acceptors (Lipinski definition) is 5. The first-order valence-electron chi connectivity index (χ1n) is 17.2. The van der Waals surface area contributed by atoms with E-state index in [1.165, 1.54) is 50.7 Å². The van der Waals surface area contributed by atoms with Crippen molar-refractivity contribution in [1.82, 2.24) is 14.8 Å². The first kappa shape index (κ1) is 32.0. The number of piperazine rings is 1. The molecule has 5 fully saturated rings. The number of amides is 1. The molecule has 5 aliphatic rings. The molecule has 3 aromatic rings. The Bertz CT molecular complexity index is 1550. The monoisotopic (exact) mass is 646 g/mol. The van der Waals surface area contributed by atoms with Crippen LogP contribution in [0.2, 0.25) is 0 Å². The zero-order valence-corrected chi connectivity index (χ0v) is 27.4. The molecule has 6 nitrogen and oxygen atoms in total. The number of ether oxygens (including phenoxy) is 1. The molecule has 4 bridgehead atoms. The molecule has 0 atom stereocenters. The van der Waals surface area contributed by atoms with Crippen molar-refractivity contribution in [2.75, 3.05) is 51.3 Å². The molecule has 4 aliphatic carbocycles. The summed E-state index contributed by atoms with van der Waals surface area (Å²) in [5.74, 6) is 3.23. The van der Waals surface area contributed by atoms with Crippen LogP contribution in [-0.4, -0.2) is 67.1 Å². The van der Waals surface area contributed by atoms with Crippen molar-refractivity contribution < 1.29 is 22.7 Å². The quantitative estimate of drug-likeness (QED) is 0.238. The molecule has 47 heavy (non-hydrogen) atoms. The first-order chi connectivity index (χ1) is 22.6. The van der Waals surface area contributed by atoms with Crippen molar-refractivity contribution in [2.24, 2.45) is 23.2 Å². The molecular weight excluding hydrogens is 601 g/mol. The summed E-state index contributed by atoms with van der Waals surface area (Å²) in [4.78, 5) is 24.1. The lowest BCUT2D eigenvalue weighted by Gasteiger charge is -2.57. The van der Waals surface area contributed by atoms with Gasteiger partial charge in [0.2, 0.25) is 0 Å². The maximum atomic E-state index is 13.9. The van der Waals surface area contributed by atoms with Crippen molar-refractivity contribution in [1.29, 1.82) is 0 Å². The summed E-state index contributed by atoms with van der Waals surface area (Å²) in [5, 5.41) is 0. The summed E-state index contributed by atoms with van der Waals surface area (Å²) in [6, 6.07) is 13.9. The van der Waals surface area contributed by atoms with Gasteiger partial charge in [-0.3, -0.25) is 14.7 Å². The van der Waals surface area contributed by atoms with Crippen molar-refractivity contribution in [3.8, 4) is 16.9 Å². The van der Waals surface area contributed by atoms with Gasteiger partial charge in [0.15, 0.2) is 0 Å². The molecule has 1 amide bonds. The van der Waals surface area contributed by atoms with Crippen LogP contribution in [0.1, 0.15) is 66.9 Å². The van der Waals surface area contributed by atoms with Gasteiger partial charge in [0.1, 0.15) is 5.75 Å². The predicted octanol–water partition coefficient (Wildman–Crippen LogP) is 7.78. The van der Waals surface area contributed by atoms with Gasteiger partial charge in [0.05, 0.1) is 18.4 Å². The normalized spacial score (nSPS) is 25.6. The minimum Gasteiger partial charge on any atom is -0.492 e. The fourth-order valence-corrected chi connectivity index (χ4v) is 9.45. The highest BCUT2D eigenvalue weighted by atomic mass is 19.4. The number of benzene rings is 2. The van der Waals surface area contributed by atoms with Crippen molar-refractivity contribution >= 4 is 11.6 Å². The number of aromatic nitrogens is 1. The zero-order valence-electron chi connectivity index (χ0n) is 27.4. The molecule has 9 heteroatoms. The average molecular weight is 647 g/mol. The zero-order chi connectivity index (χ0) is 32.8. The fourth-order valence-electron chi connectivity index (χ4n) is 9.45. The van der Waals surface area contributed by atoms with Gasteiger partial charge in [0, 0.05) is 69.3 Å². The topological polar surface area (TPSA) is 48.9 Å². The Hall–Kier alpha value is -3.59. The van der Waals surface area contributed by atoms with E-state index >= 15 is 0 Å². The third-order valence-electron chi connectivity index (χ3n) is 11.0. The second kappa shape index (κ2) is 12.8. The third kappa shape index (κ3) is 7.01. The van der Waals surface area contributed by atoms with Gasteiger partial charge >= 0.3 is 6.18 Å². The Balaban J connectivity index is 0.965. The number of halogens is 3. The van der Waals surface area contributed by atoms with Gasteiger partial charge in [-0.1, -0.05) is 0 Å². The fraction of sp³-hybridized carbons (Fsp3) is 0.526. The molecule has 1 aromatic heterocycles. The number of alkyl halides is 3. The standard InChI is InChI=1S/C38H45F3N4O2/c1-3-47-35-18-32(22-42-23-35)31-15-29(16-33(17-31)38(39,40)41)24-44-8-10-45(11-9-44)34-6-4-30(5-7-34)36(46)43(2)25-37-19-26-12-27(20-37)14-28(13-26)21-37/h4-7,15-18,22-23,26-28H,3,8-14,19-21,24-25H2,1-2H3. The summed E-state index contributed by atoms with van der Waals surface area (Å²) >= 11 is 0. The van der Waals surface area contributed by atoms with Gasteiger partial charge in [-0.15, -0.1) is 0 Å². The van der Waals surface area contributed by atoms with E-state index in [9.17, 15) is 18.0 Å². The smallest absolute Gasteiger partial charge is 0.416 e. The Morgan fingerprint density at radius 1 is 0.915 bits per heavy atom. The highest BCUT2D eigenvalue weighted by molar-refractivity contribution is 5.94. The number of nitrogens with zero attached hydrogens (tertiary/aromatic N) is 4. The van der Waals surface area contributed by atoms with Crippen LogP contribution in [0.25, 0.3) is 11.1 Å². The molecule has 2 aromatic carbocycles. The molecular formula is C38H45F3N4O2. The summed E-state index contributed by atoms with van der Waals surface area (Å²) in [6.07, 6.45) is 6.76. The summed E-state index contributed by atoms with van der Waals surface area (Å²) in [6.45, 7) is 6.55. The number of anilines is 1. The third-order valence-corrected chi connectivity index (χ3v) is 11.0. The minimum absolute atomic E-state index is 0.0953. The average Bonchev–Trinajstić information content (AvgIpc) is 3.04. The van der Waals surface area contributed by atoms with Crippen LogP contribution >= 0.6 is 0 Å². The predicted molar refractivity (Wildman–Crippen MR) is 177 cm³/mol. The Morgan fingerprint density at radius 2 is 1.57 bits per heavy atom. The van der Waals surface area contributed by atoms with Crippen molar-refractivity contribution in [2.45, 2.75) is 58.2 Å². The van der Waals surface area contributed by atoms with Crippen LogP contribution in [0.5, 0.6) is 5.75 Å². The number of rotatable bonds is 9. The van der Waals surface area contributed by atoms with E-state index in [-0.39, 0.29) is 5.91 Å². The maximum Gasteiger partial charge on any atom is 0.416 e. The van der Waals surface area contributed by atoms with E-state index in [0.717, 1.165) is 61.7 Å². The van der Waals surface area contributed by atoms with Gasteiger partial charge in [-0.25, -0.2) is 0 Å². The lowest BCUT2D eigenvalue weighted by Crippen LogP contribution is -2.51. The van der Waals surface area contributed by atoms with Crippen LogP contribution in [0, 0.1) is 23.2 Å². The number of pyridine rings is 1. The molecule has 0 N–H and O–H groups in total. The van der Waals surface area contributed by atoms with Gasteiger partial charge in [-0.05, 0) is 128 Å². The van der Waals surface area contributed by atoms with Crippen molar-refractivity contribution in [3.05, 3.63) is 77.6 Å². The Labute approximate surface area is 275 Å². The van der Waals surface area contributed by atoms with Crippen LogP contribution in [-0.2, 0) is 12.7 Å². The Morgan fingerprint density at radius 3 is 2.19 bits per heavy atom. The second-order valence-corrected chi connectivity index (χ2v) is 14.6. The van der Waals surface area contributed by atoms with E-state index in [1.54, 1.807) is 18.5 Å². The summed E-state index contributed by atoms with van der Waals surface area (Å²) < 4.78 is 47.2. The first-order valence-corrected chi connectivity index (χ1v) is 17.2. The largest absolute Gasteiger partial charge is 0.492 e. The number of carbonyl (C=O) groups excluding carboxylic acids is 1. The van der Waals surface area contributed by atoms with Gasteiger partial charge < -0.3 is 14.5 Å². The van der Waals surface area contributed by atoms with E-state index in [2.05, 4.69) is 14.8 Å². The van der Waals surface area contributed by atoms with E-state index < -0.39 is 11.7 Å². The second-order valence-electron chi connectivity index (χ2n) is 14.6. The van der Waals surface area contributed by atoms with E-state index in [1.807, 2.05) is 49.2 Å². The van der Waals surface area contributed by atoms with Crippen LogP contribution in [0.15, 0.2) is 60.9 Å². The lowest BCUT2D eigenvalue weighted by atomic mass is 9.49. The minimum atomic E-state index is -4.45. The SMILES string of the molecule is CCOc1cncc(-c2cc(CN3CCN(c4ccc(C(=O)N(C)CC56CC7CC(CC(C7)C5)C6)cc4)CC3)cc(C(F)(F)F)c2)c1. The Kier molecular flexibility index (Phi) is 8.70. The highest BCUT2D eigenvalue weighted by Crippen LogP contribution is 2.60. The lowest BCUT2D eigenvalue weighted by molar-refractivity contribution is -0.137. The van der Waals surface area contributed by atoms with Crippen LogP contribution in [0.3, 0.4) is 0 Å². The highest BCUT2D eigenvalue weighted by Gasteiger charge is 2.51. The molecule has 1 aliphatic heterocycles. The number of hydrogen-bond donors (Lipinski definition) is 0. The van der Waals surface area contributed by atoms with Crippen LogP contribution in [0.4, 0.5) is 18.9 Å². The molecule has 0 unspecified atom stereocenters. The number of carbonyl (C=O) groups is 1. The molecule has 2 heterocycles. The van der Waals surface area contributed by atoms with E-state index in [4.69, 9.17) is 4.74 Å². The van der Waals surface area contributed by atoms with E-state index in [0.29, 0.717) is 41.0 Å².